The highest BCUT2D eigenvalue weighted by Gasteiger charge is 2.34. The minimum absolute atomic E-state index is 0.162. The molecule has 1 atom stereocenters. The Morgan fingerprint density at radius 1 is 1.50 bits per heavy atom. The molecule has 2 N–H and O–H groups in total. The molecule has 1 heterocycles. The molecule has 6 heteroatoms. The normalized spacial score (nSPS) is 22.3. The summed E-state index contributed by atoms with van der Waals surface area (Å²) >= 11 is 0. The summed E-state index contributed by atoms with van der Waals surface area (Å²) in [5.74, 6) is 5.19. The Kier molecular flexibility index (Phi) is 4.45. The molecule has 2 rings (SSSR count). The van der Waals surface area contributed by atoms with Gasteiger partial charge >= 0.3 is 0 Å². The van der Waals surface area contributed by atoms with Gasteiger partial charge < -0.3 is 9.84 Å². The van der Waals surface area contributed by atoms with Crippen LogP contribution in [0.3, 0.4) is 0 Å². The van der Waals surface area contributed by atoms with Crippen LogP contribution < -0.4 is 4.72 Å². The first-order chi connectivity index (χ1) is 9.45. The molecule has 1 aliphatic rings. The van der Waals surface area contributed by atoms with Crippen molar-refractivity contribution in [2.24, 2.45) is 0 Å². The number of benzene rings is 1. The van der Waals surface area contributed by atoms with E-state index in [0.717, 1.165) is 0 Å². The van der Waals surface area contributed by atoms with Gasteiger partial charge in [0.05, 0.1) is 17.0 Å². The maximum absolute atomic E-state index is 12.4. The third-order valence-electron chi connectivity index (χ3n) is 3.06. The molecule has 5 nitrogen and oxygen atoms in total. The lowest BCUT2D eigenvalue weighted by Crippen LogP contribution is -2.46. The van der Waals surface area contributed by atoms with Gasteiger partial charge in [-0.25, -0.2) is 13.1 Å². The fourth-order valence-electron chi connectivity index (χ4n) is 2.01. The Bertz CT molecular complexity index is 637. The van der Waals surface area contributed by atoms with E-state index >= 15 is 0 Å². The van der Waals surface area contributed by atoms with E-state index in [1.54, 1.807) is 12.1 Å². The van der Waals surface area contributed by atoms with Gasteiger partial charge in [0.1, 0.15) is 6.61 Å². The number of nitrogens with one attached hydrogen (secondary N) is 1. The van der Waals surface area contributed by atoms with Crippen LogP contribution in [-0.4, -0.2) is 38.9 Å². The molecule has 108 valence electrons. The Morgan fingerprint density at radius 2 is 2.30 bits per heavy atom. The number of sulfonamides is 1. The smallest absolute Gasteiger partial charge is 0.241 e. The zero-order valence-electron chi connectivity index (χ0n) is 11.2. The van der Waals surface area contributed by atoms with Crippen molar-refractivity contribution in [3.63, 3.8) is 0 Å². The summed E-state index contributed by atoms with van der Waals surface area (Å²) in [6, 6.07) is 6.33. The Labute approximate surface area is 119 Å². The van der Waals surface area contributed by atoms with Crippen LogP contribution in [0.25, 0.3) is 0 Å². The molecule has 1 fully saturated rings. The van der Waals surface area contributed by atoms with Crippen molar-refractivity contribution in [3.8, 4) is 11.8 Å². The molecular formula is C14H17NO4S. The molecule has 0 radical (unpaired) electrons. The highest BCUT2D eigenvalue weighted by molar-refractivity contribution is 7.89. The SMILES string of the molecule is CC1(NS(=O)(=O)c2cccc(C#CCO)c2)CCOC1. The van der Waals surface area contributed by atoms with Crippen LogP contribution >= 0.6 is 0 Å². The molecule has 0 bridgehead atoms. The van der Waals surface area contributed by atoms with Gasteiger partial charge in [-0.05, 0) is 31.5 Å². The lowest BCUT2D eigenvalue weighted by molar-refractivity contribution is 0.178. The van der Waals surface area contributed by atoms with Crippen molar-refractivity contribution in [2.75, 3.05) is 19.8 Å². The average molecular weight is 295 g/mol. The molecule has 20 heavy (non-hydrogen) atoms. The molecule has 1 aromatic carbocycles. The van der Waals surface area contributed by atoms with Gasteiger partial charge in [0.25, 0.3) is 0 Å². The summed E-state index contributed by atoms with van der Waals surface area (Å²) in [7, 11) is -3.61. The van der Waals surface area contributed by atoms with Crippen LogP contribution in [0.4, 0.5) is 0 Å². The van der Waals surface area contributed by atoms with E-state index in [1.165, 1.54) is 12.1 Å². The zero-order chi connectivity index (χ0) is 14.6. The van der Waals surface area contributed by atoms with E-state index in [9.17, 15) is 8.42 Å². The zero-order valence-corrected chi connectivity index (χ0v) is 12.0. The summed E-state index contributed by atoms with van der Waals surface area (Å²) in [6.45, 7) is 2.49. The van der Waals surface area contributed by atoms with E-state index < -0.39 is 15.6 Å². The van der Waals surface area contributed by atoms with Crippen molar-refractivity contribution in [1.29, 1.82) is 0 Å². The second kappa shape index (κ2) is 5.94. The maximum atomic E-state index is 12.4. The largest absolute Gasteiger partial charge is 0.384 e. The van der Waals surface area contributed by atoms with Gasteiger partial charge in [0, 0.05) is 12.2 Å². The van der Waals surface area contributed by atoms with Crippen LogP contribution in [0, 0.1) is 11.8 Å². The van der Waals surface area contributed by atoms with Crippen LogP contribution in [-0.2, 0) is 14.8 Å². The number of hydrogen-bond acceptors (Lipinski definition) is 4. The Balaban J connectivity index is 2.25. The molecule has 0 amide bonds. The van der Waals surface area contributed by atoms with E-state index in [0.29, 0.717) is 25.2 Å². The highest BCUT2D eigenvalue weighted by atomic mass is 32.2. The number of rotatable bonds is 3. The highest BCUT2D eigenvalue weighted by Crippen LogP contribution is 2.21. The molecule has 1 aliphatic heterocycles. The predicted octanol–water partition coefficient (Wildman–Crippen LogP) is 0.488. The van der Waals surface area contributed by atoms with E-state index in [2.05, 4.69) is 16.6 Å². The maximum Gasteiger partial charge on any atom is 0.241 e. The van der Waals surface area contributed by atoms with Crippen molar-refractivity contribution < 1.29 is 18.3 Å². The number of aliphatic hydroxyl groups is 1. The summed E-state index contributed by atoms with van der Waals surface area (Å²) in [5.41, 5.74) is -0.0132. The minimum atomic E-state index is -3.61. The van der Waals surface area contributed by atoms with Gasteiger partial charge in [-0.15, -0.1) is 0 Å². The molecule has 0 spiro atoms. The Hall–Kier alpha value is -1.39. The minimum Gasteiger partial charge on any atom is -0.384 e. The lowest BCUT2D eigenvalue weighted by atomic mass is 10.0. The quantitative estimate of drug-likeness (QED) is 0.796. The average Bonchev–Trinajstić information content (AvgIpc) is 2.82. The number of hydrogen-bond donors (Lipinski definition) is 2. The summed E-state index contributed by atoms with van der Waals surface area (Å²) in [5, 5.41) is 8.66. The van der Waals surface area contributed by atoms with Gasteiger partial charge in [-0.3, -0.25) is 0 Å². The molecule has 0 aromatic heterocycles. The van der Waals surface area contributed by atoms with E-state index in [-0.39, 0.29) is 11.5 Å². The third-order valence-corrected chi connectivity index (χ3v) is 4.69. The van der Waals surface area contributed by atoms with E-state index in [4.69, 9.17) is 9.84 Å². The first kappa shape index (κ1) is 15.0. The lowest BCUT2D eigenvalue weighted by Gasteiger charge is -2.23. The molecule has 0 aliphatic carbocycles. The Morgan fingerprint density at radius 3 is 2.95 bits per heavy atom. The number of aliphatic hydroxyl groups excluding tert-OH is 1. The molecular weight excluding hydrogens is 278 g/mol. The fourth-order valence-corrected chi connectivity index (χ4v) is 3.48. The van der Waals surface area contributed by atoms with Crippen LogP contribution in [0.15, 0.2) is 29.2 Å². The van der Waals surface area contributed by atoms with E-state index in [1.807, 2.05) is 6.92 Å². The summed E-state index contributed by atoms with van der Waals surface area (Å²) in [6.07, 6.45) is 0.649. The number of ether oxygens (including phenoxy) is 1. The van der Waals surface area contributed by atoms with Crippen molar-refractivity contribution in [3.05, 3.63) is 29.8 Å². The van der Waals surface area contributed by atoms with Gasteiger partial charge in [0.15, 0.2) is 0 Å². The summed E-state index contributed by atoms with van der Waals surface area (Å²) < 4.78 is 32.6. The van der Waals surface area contributed by atoms with Crippen LogP contribution in [0.2, 0.25) is 0 Å². The van der Waals surface area contributed by atoms with Gasteiger partial charge in [-0.1, -0.05) is 17.9 Å². The molecule has 1 aromatic rings. The van der Waals surface area contributed by atoms with Gasteiger partial charge in [-0.2, -0.15) is 0 Å². The monoisotopic (exact) mass is 295 g/mol. The summed E-state index contributed by atoms with van der Waals surface area (Å²) in [4.78, 5) is 0.162. The van der Waals surface area contributed by atoms with Crippen molar-refractivity contribution >= 4 is 10.0 Å². The molecule has 1 saturated heterocycles. The fraction of sp³-hybridized carbons (Fsp3) is 0.429. The topological polar surface area (TPSA) is 75.6 Å². The predicted molar refractivity (Wildman–Crippen MR) is 74.6 cm³/mol. The second-order valence-corrected chi connectivity index (χ2v) is 6.64. The second-order valence-electron chi connectivity index (χ2n) is 4.96. The van der Waals surface area contributed by atoms with Crippen LogP contribution in [0.5, 0.6) is 0 Å². The third kappa shape index (κ3) is 3.58. The van der Waals surface area contributed by atoms with Crippen molar-refractivity contribution in [1.82, 2.24) is 4.72 Å². The first-order valence-electron chi connectivity index (χ1n) is 6.27. The standard InChI is InChI=1S/C14H17NO4S/c1-14(7-9-19-11-14)15-20(17,18)13-6-2-4-12(10-13)5-3-8-16/h2,4,6,10,15-16H,7-9,11H2,1H3. The van der Waals surface area contributed by atoms with Gasteiger partial charge in [0.2, 0.25) is 10.0 Å². The van der Waals surface area contributed by atoms with Crippen molar-refractivity contribution in [2.45, 2.75) is 23.8 Å². The molecule has 1 unspecified atom stereocenters. The van der Waals surface area contributed by atoms with Crippen LogP contribution in [0.1, 0.15) is 18.9 Å². The first-order valence-corrected chi connectivity index (χ1v) is 7.75. The molecule has 0 saturated carbocycles.